The van der Waals surface area contributed by atoms with Crippen molar-refractivity contribution in [1.82, 2.24) is 4.90 Å². The second kappa shape index (κ2) is 7.69. The summed E-state index contributed by atoms with van der Waals surface area (Å²) >= 11 is 1.48. The highest BCUT2D eigenvalue weighted by Crippen LogP contribution is 2.37. The molecule has 4 nitrogen and oxygen atoms in total. The molecule has 1 saturated carbocycles. The molecule has 0 saturated heterocycles. The molecule has 0 bridgehead atoms. The molecule has 0 unspecified atom stereocenters. The molecule has 0 aromatic heterocycles. The first-order valence-corrected chi connectivity index (χ1v) is 10.5. The van der Waals surface area contributed by atoms with Crippen LogP contribution in [-0.2, 0) is 14.6 Å². The number of sulfone groups is 1. The Bertz CT molecular complexity index is 410. The minimum absolute atomic E-state index is 0.111. The van der Waals surface area contributed by atoms with Gasteiger partial charge in [0.25, 0.3) is 0 Å². The van der Waals surface area contributed by atoms with Gasteiger partial charge in [-0.3, -0.25) is 4.79 Å². The quantitative estimate of drug-likeness (QED) is 0.722. The van der Waals surface area contributed by atoms with Crippen molar-refractivity contribution in [3.05, 3.63) is 0 Å². The average Bonchev–Trinajstić information content (AvgIpc) is 2.40. The first-order valence-electron chi connectivity index (χ1n) is 7.41. The van der Waals surface area contributed by atoms with E-state index in [9.17, 15) is 13.2 Å². The maximum Gasteiger partial charge on any atom is 0.232 e. The first-order chi connectivity index (χ1) is 9.36. The Morgan fingerprint density at radius 3 is 2.15 bits per heavy atom. The molecule has 0 atom stereocenters. The highest BCUT2D eigenvalue weighted by molar-refractivity contribution is 8.01. The fourth-order valence-corrected chi connectivity index (χ4v) is 6.07. The standard InChI is InChI=1S/C14H27NO3S2/c1-4-15(5-2)13(16)11-19-12-14(20(3,17)18)9-7-6-8-10-14/h4-12H2,1-3H3. The van der Waals surface area contributed by atoms with Crippen LogP contribution < -0.4 is 0 Å². The van der Waals surface area contributed by atoms with Crippen molar-refractivity contribution >= 4 is 27.5 Å². The Hall–Kier alpha value is -0.230. The normalized spacial score (nSPS) is 18.8. The van der Waals surface area contributed by atoms with E-state index in [4.69, 9.17) is 0 Å². The molecule has 0 aromatic carbocycles. The number of rotatable bonds is 7. The molecule has 0 N–H and O–H groups in total. The van der Waals surface area contributed by atoms with Gasteiger partial charge < -0.3 is 4.90 Å². The number of carbonyl (C=O) groups is 1. The zero-order chi connectivity index (χ0) is 15.2. The van der Waals surface area contributed by atoms with Gasteiger partial charge in [0.2, 0.25) is 5.91 Å². The van der Waals surface area contributed by atoms with Crippen molar-refractivity contribution < 1.29 is 13.2 Å². The van der Waals surface area contributed by atoms with Crippen molar-refractivity contribution in [2.75, 3.05) is 30.9 Å². The molecule has 0 spiro atoms. The van der Waals surface area contributed by atoms with E-state index in [1.165, 1.54) is 18.0 Å². The van der Waals surface area contributed by atoms with Crippen LogP contribution in [0.25, 0.3) is 0 Å². The summed E-state index contributed by atoms with van der Waals surface area (Å²) in [7, 11) is -3.06. The van der Waals surface area contributed by atoms with Crippen molar-refractivity contribution in [2.24, 2.45) is 0 Å². The molecule has 1 aliphatic carbocycles. The molecule has 1 amide bonds. The molecule has 118 valence electrons. The second-order valence-corrected chi connectivity index (χ2v) is 8.97. The summed E-state index contributed by atoms with van der Waals surface area (Å²) in [6.07, 6.45) is 5.94. The van der Waals surface area contributed by atoms with E-state index >= 15 is 0 Å². The summed E-state index contributed by atoms with van der Waals surface area (Å²) in [5, 5.41) is 0. The Labute approximate surface area is 127 Å². The second-order valence-electron chi connectivity index (χ2n) is 5.57. The van der Waals surface area contributed by atoms with Gasteiger partial charge in [0.1, 0.15) is 0 Å². The third-order valence-corrected chi connectivity index (χ3v) is 7.77. The Morgan fingerprint density at radius 2 is 1.70 bits per heavy atom. The topological polar surface area (TPSA) is 54.5 Å². The van der Waals surface area contributed by atoms with Crippen molar-refractivity contribution in [3.63, 3.8) is 0 Å². The first kappa shape index (κ1) is 17.8. The van der Waals surface area contributed by atoms with E-state index in [1.807, 2.05) is 13.8 Å². The summed E-state index contributed by atoms with van der Waals surface area (Å²) in [6.45, 7) is 5.36. The van der Waals surface area contributed by atoms with Gasteiger partial charge in [0.15, 0.2) is 9.84 Å². The zero-order valence-corrected chi connectivity index (χ0v) is 14.5. The number of hydrogen-bond donors (Lipinski definition) is 0. The van der Waals surface area contributed by atoms with Crippen LogP contribution in [0.5, 0.6) is 0 Å². The lowest BCUT2D eigenvalue weighted by Crippen LogP contribution is -2.43. The van der Waals surface area contributed by atoms with Gasteiger partial charge in [-0.2, -0.15) is 11.8 Å². The van der Waals surface area contributed by atoms with E-state index in [0.29, 0.717) is 24.6 Å². The molecule has 1 fully saturated rings. The van der Waals surface area contributed by atoms with E-state index in [2.05, 4.69) is 0 Å². The van der Waals surface area contributed by atoms with Gasteiger partial charge >= 0.3 is 0 Å². The van der Waals surface area contributed by atoms with Crippen LogP contribution in [0.15, 0.2) is 0 Å². The minimum Gasteiger partial charge on any atom is -0.343 e. The van der Waals surface area contributed by atoms with Crippen LogP contribution in [0, 0.1) is 0 Å². The van der Waals surface area contributed by atoms with Crippen molar-refractivity contribution in [3.8, 4) is 0 Å². The molecule has 1 aliphatic rings. The maximum atomic E-state index is 12.1. The van der Waals surface area contributed by atoms with Crippen LogP contribution in [0.2, 0.25) is 0 Å². The Kier molecular flexibility index (Phi) is 6.85. The number of nitrogens with zero attached hydrogens (tertiary/aromatic N) is 1. The smallest absolute Gasteiger partial charge is 0.232 e. The monoisotopic (exact) mass is 321 g/mol. The molecule has 1 rings (SSSR count). The molecular weight excluding hydrogens is 294 g/mol. The van der Waals surface area contributed by atoms with Crippen LogP contribution in [0.4, 0.5) is 0 Å². The van der Waals surface area contributed by atoms with Gasteiger partial charge in [0.05, 0.1) is 10.5 Å². The molecule has 0 radical (unpaired) electrons. The summed E-state index contributed by atoms with van der Waals surface area (Å²) in [4.78, 5) is 13.7. The lowest BCUT2D eigenvalue weighted by atomic mass is 9.90. The van der Waals surface area contributed by atoms with Gasteiger partial charge in [-0.25, -0.2) is 8.42 Å². The fraction of sp³-hybridized carbons (Fsp3) is 0.929. The summed E-state index contributed by atoms with van der Waals surface area (Å²) in [5.74, 6) is 1.05. The van der Waals surface area contributed by atoms with E-state index in [0.717, 1.165) is 32.1 Å². The van der Waals surface area contributed by atoms with Crippen LogP contribution >= 0.6 is 11.8 Å². The summed E-state index contributed by atoms with van der Waals surface area (Å²) in [6, 6.07) is 0. The third kappa shape index (κ3) is 4.38. The Morgan fingerprint density at radius 1 is 1.15 bits per heavy atom. The zero-order valence-electron chi connectivity index (χ0n) is 12.9. The lowest BCUT2D eigenvalue weighted by molar-refractivity contribution is -0.127. The molecule has 0 aliphatic heterocycles. The number of amides is 1. The van der Waals surface area contributed by atoms with E-state index < -0.39 is 14.6 Å². The predicted octanol–water partition coefficient (Wildman–Crippen LogP) is 2.34. The summed E-state index contributed by atoms with van der Waals surface area (Å²) in [5.41, 5.74) is 0. The van der Waals surface area contributed by atoms with Crippen LogP contribution in [0.3, 0.4) is 0 Å². The molecule has 0 heterocycles. The molecule has 20 heavy (non-hydrogen) atoms. The van der Waals surface area contributed by atoms with Gasteiger partial charge in [0, 0.05) is 25.1 Å². The SMILES string of the molecule is CCN(CC)C(=O)CSCC1(S(C)(=O)=O)CCCCC1. The maximum absolute atomic E-state index is 12.1. The van der Waals surface area contributed by atoms with E-state index in [-0.39, 0.29) is 5.91 Å². The molecule has 0 aromatic rings. The highest BCUT2D eigenvalue weighted by Gasteiger charge is 2.41. The Balaban J connectivity index is 2.58. The number of thioether (sulfide) groups is 1. The highest BCUT2D eigenvalue weighted by atomic mass is 32.2. The lowest BCUT2D eigenvalue weighted by Gasteiger charge is -2.35. The summed E-state index contributed by atoms with van der Waals surface area (Å²) < 4.78 is 23.6. The minimum atomic E-state index is -3.06. The van der Waals surface area contributed by atoms with Gasteiger partial charge in [-0.15, -0.1) is 0 Å². The molecule has 6 heteroatoms. The van der Waals surface area contributed by atoms with Crippen molar-refractivity contribution in [1.29, 1.82) is 0 Å². The number of hydrogen-bond acceptors (Lipinski definition) is 4. The fourth-order valence-electron chi connectivity index (χ4n) is 2.81. The largest absolute Gasteiger partial charge is 0.343 e. The van der Waals surface area contributed by atoms with E-state index in [1.54, 1.807) is 4.90 Å². The predicted molar refractivity (Wildman–Crippen MR) is 85.9 cm³/mol. The van der Waals surface area contributed by atoms with Gasteiger partial charge in [-0.05, 0) is 26.7 Å². The van der Waals surface area contributed by atoms with Crippen molar-refractivity contribution in [2.45, 2.75) is 50.7 Å². The average molecular weight is 322 g/mol. The van der Waals surface area contributed by atoms with Crippen LogP contribution in [-0.4, -0.2) is 54.8 Å². The third-order valence-electron chi connectivity index (χ3n) is 4.26. The van der Waals surface area contributed by atoms with Crippen LogP contribution in [0.1, 0.15) is 46.0 Å². The number of carbonyl (C=O) groups excluding carboxylic acids is 1. The van der Waals surface area contributed by atoms with Gasteiger partial charge in [-0.1, -0.05) is 19.3 Å². The molecular formula is C14H27NO3S2.